The van der Waals surface area contributed by atoms with Gasteiger partial charge in [0.2, 0.25) is 5.91 Å². The summed E-state index contributed by atoms with van der Waals surface area (Å²) in [6.07, 6.45) is 12.0. The van der Waals surface area contributed by atoms with Crippen molar-refractivity contribution >= 4 is 23.4 Å². The Balaban J connectivity index is 1.70. The minimum absolute atomic E-state index is 0.0700. The number of nitrogens with zero attached hydrogens (tertiary/aromatic N) is 4. The minimum Gasteiger partial charge on any atom is -0.366 e. The molecule has 4 rings (SSSR count). The van der Waals surface area contributed by atoms with Crippen LogP contribution in [0.2, 0.25) is 0 Å². The average Bonchev–Trinajstić information content (AvgIpc) is 3.31. The molecule has 40 heavy (non-hydrogen) atoms. The van der Waals surface area contributed by atoms with Crippen molar-refractivity contribution in [1.29, 1.82) is 0 Å². The number of piperidine rings is 1. The average molecular weight is 544 g/mol. The second kappa shape index (κ2) is 13.8. The molecule has 2 aromatic heterocycles. The van der Waals surface area contributed by atoms with Crippen LogP contribution in [0.15, 0.2) is 48.7 Å². The molecule has 0 spiro atoms. The van der Waals surface area contributed by atoms with E-state index in [2.05, 4.69) is 44.7 Å². The Morgan fingerprint density at radius 3 is 2.20 bits per heavy atom. The molecule has 1 aromatic carbocycles. The molecule has 3 aromatic rings. The fraction of sp³-hybridized carbons (Fsp3) is 0.485. The highest BCUT2D eigenvalue weighted by Gasteiger charge is 2.20. The van der Waals surface area contributed by atoms with Crippen LogP contribution in [0.5, 0.6) is 0 Å². The van der Waals surface area contributed by atoms with Crippen LogP contribution in [0.3, 0.4) is 0 Å². The highest BCUT2D eigenvalue weighted by molar-refractivity contribution is 5.97. The zero-order valence-electron chi connectivity index (χ0n) is 24.6. The lowest BCUT2D eigenvalue weighted by Crippen LogP contribution is -2.34. The molecule has 1 fully saturated rings. The third-order valence-corrected chi connectivity index (χ3v) is 7.70. The number of hydrogen-bond donors (Lipinski definition) is 1. The van der Waals surface area contributed by atoms with Gasteiger partial charge in [-0.1, -0.05) is 58.4 Å². The molecule has 0 aliphatic carbocycles. The number of hydrogen-bond acceptors (Lipinski definition) is 4. The molecule has 3 heterocycles. The van der Waals surface area contributed by atoms with Gasteiger partial charge in [-0.05, 0) is 74.9 Å². The van der Waals surface area contributed by atoms with Gasteiger partial charge >= 0.3 is 0 Å². The monoisotopic (exact) mass is 543 g/mol. The van der Waals surface area contributed by atoms with Crippen LogP contribution >= 0.6 is 0 Å². The number of amides is 2. The van der Waals surface area contributed by atoms with Crippen molar-refractivity contribution in [1.82, 2.24) is 19.4 Å². The summed E-state index contributed by atoms with van der Waals surface area (Å²) < 4.78 is 1.85. The summed E-state index contributed by atoms with van der Waals surface area (Å²) in [6.45, 7) is 13.4. The van der Waals surface area contributed by atoms with Gasteiger partial charge in [0.1, 0.15) is 5.69 Å². The normalized spacial score (nSPS) is 14.6. The summed E-state index contributed by atoms with van der Waals surface area (Å²) in [5.41, 5.74) is 10.2. The molecule has 0 radical (unpaired) electrons. The van der Waals surface area contributed by atoms with Crippen molar-refractivity contribution in [2.45, 2.75) is 59.8 Å². The van der Waals surface area contributed by atoms with E-state index in [0.717, 1.165) is 67.9 Å². The van der Waals surface area contributed by atoms with Crippen LogP contribution in [0.1, 0.15) is 86.1 Å². The fourth-order valence-corrected chi connectivity index (χ4v) is 5.15. The topological polar surface area (TPSA) is 83.9 Å². The van der Waals surface area contributed by atoms with Crippen LogP contribution in [0.4, 0.5) is 0 Å². The predicted molar refractivity (Wildman–Crippen MR) is 163 cm³/mol. The summed E-state index contributed by atoms with van der Waals surface area (Å²) in [5.74, 6) is 0.685. The van der Waals surface area contributed by atoms with Crippen molar-refractivity contribution in [2.24, 2.45) is 17.6 Å². The zero-order valence-corrected chi connectivity index (χ0v) is 24.6. The van der Waals surface area contributed by atoms with Gasteiger partial charge in [0.25, 0.3) is 5.91 Å². The number of fused-ring (bicyclic) bond motifs is 1. The lowest BCUT2D eigenvalue weighted by molar-refractivity contribution is 0.0740. The Labute approximate surface area is 239 Å². The van der Waals surface area contributed by atoms with Crippen molar-refractivity contribution in [3.8, 4) is 11.3 Å². The first kappa shape index (κ1) is 29.5. The van der Waals surface area contributed by atoms with Gasteiger partial charge in [-0.25, -0.2) is 4.52 Å². The number of carbonyl (C=O) groups is 2. The molecular formula is C33H45N5O2. The maximum absolute atomic E-state index is 13.8. The van der Waals surface area contributed by atoms with Gasteiger partial charge < -0.3 is 10.6 Å². The highest BCUT2D eigenvalue weighted by atomic mass is 16.2. The standard InChI is InChI=1S/C33H45N5O2/c1-24(2)14-20-37(21-15-25(3)4)33(40)28-16-22-38-30(23-28)29(9-8-19-36-17-6-5-7-18-36)31(35-38)26-10-12-27(13-11-26)32(34)39/h8-13,16,22-25H,5-7,14-15,17-21H2,1-4H3,(H2,34,39). The SMILES string of the molecule is CC(C)CCN(CCC(C)C)C(=O)c1ccn2nc(-c3ccc(C(N)=O)cc3)c(C=CCN3CCCCC3)c2c1. The molecule has 0 unspecified atom stereocenters. The molecule has 214 valence electrons. The van der Waals surface area contributed by atoms with Crippen molar-refractivity contribution in [3.63, 3.8) is 0 Å². The van der Waals surface area contributed by atoms with Crippen molar-refractivity contribution in [3.05, 3.63) is 65.4 Å². The van der Waals surface area contributed by atoms with E-state index < -0.39 is 5.91 Å². The maximum Gasteiger partial charge on any atom is 0.253 e. The van der Waals surface area contributed by atoms with Crippen LogP contribution in [-0.4, -0.2) is 64.0 Å². The first-order valence-electron chi connectivity index (χ1n) is 14.8. The van der Waals surface area contributed by atoms with Gasteiger partial charge in [0, 0.05) is 48.1 Å². The van der Waals surface area contributed by atoms with E-state index in [1.807, 2.05) is 39.9 Å². The van der Waals surface area contributed by atoms with Gasteiger partial charge in [-0.3, -0.25) is 14.5 Å². The summed E-state index contributed by atoms with van der Waals surface area (Å²) in [6, 6.07) is 11.1. The molecule has 2 amide bonds. The number of primary amides is 1. The van der Waals surface area contributed by atoms with Crippen LogP contribution in [0.25, 0.3) is 22.9 Å². The highest BCUT2D eigenvalue weighted by Crippen LogP contribution is 2.29. The quantitative estimate of drug-likeness (QED) is 0.298. The molecule has 0 bridgehead atoms. The fourth-order valence-electron chi connectivity index (χ4n) is 5.15. The Bertz CT molecular complexity index is 1300. The first-order chi connectivity index (χ1) is 19.2. The van der Waals surface area contributed by atoms with E-state index in [0.29, 0.717) is 23.0 Å². The van der Waals surface area contributed by atoms with Crippen LogP contribution in [0, 0.1) is 11.8 Å². The molecule has 2 N–H and O–H groups in total. The third-order valence-electron chi connectivity index (χ3n) is 7.70. The summed E-state index contributed by atoms with van der Waals surface area (Å²) >= 11 is 0. The first-order valence-corrected chi connectivity index (χ1v) is 14.8. The molecule has 0 atom stereocenters. The number of nitrogens with two attached hydrogens (primary N) is 1. The zero-order chi connectivity index (χ0) is 28.6. The molecule has 1 aliphatic heterocycles. The Morgan fingerprint density at radius 2 is 1.60 bits per heavy atom. The molecule has 7 heteroatoms. The van der Waals surface area contributed by atoms with E-state index in [1.165, 1.54) is 19.3 Å². The van der Waals surface area contributed by atoms with E-state index in [9.17, 15) is 9.59 Å². The number of likely N-dealkylation sites (tertiary alicyclic amines) is 1. The smallest absolute Gasteiger partial charge is 0.253 e. The van der Waals surface area contributed by atoms with Crippen molar-refractivity contribution in [2.75, 3.05) is 32.7 Å². The number of rotatable bonds is 12. The second-order valence-corrected chi connectivity index (χ2v) is 11.9. The molecule has 0 saturated carbocycles. The number of benzene rings is 1. The summed E-state index contributed by atoms with van der Waals surface area (Å²) in [5, 5.41) is 4.90. The summed E-state index contributed by atoms with van der Waals surface area (Å²) in [7, 11) is 0. The number of pyridine rings is 1. The van der Waals surface area contributed by atoms with E-state index in [-0.39, 0.29) is 5.91 Å². The molecule has 1 saturated heterocycles. The van der Waals surface area contributed by atoms with Crippen molar-refractivity contribution < 1.29 is 9.59 Å². The van der Waals surface area contributed by atoms with Gasteiger partial charge in [-0.15, -0.1) is 0 Å². The Hall–Kier alpha value is -3.45. The third kappa shape index (κ3) is 7.60. The van der Waals surface area contributed by atoms with E-state index in [4.69, 9.17) is 10.8 Å². The Morgan fingerprint density at radius 1 is 0.950 bits per heavy atom. The molecule has 1 aliphatic rings. The Kier molecular flexibility index (Phi) is 10.2. The molecular weight excluding hydrogens is 498 g/mol. The van der Waals surface area contributed by atoms with E-state index >= 15 is 0 Å². The van der Waals surface area contributed by atoms with E-state index in [1.54, 1.807) is 12.1 Å². The number of carbonyl (C=O) groups excluding carboxylic acids is 2. The maximum atomic E-state index is 13.8. The van der Waals surface area contributed by atoms with Gasteiger partial charge in [0.05, 0.1) is 5.52 Å². The van der Waals surface area contributed by atoms with Gasteiger partial charge in [0.15, 0.2) is 0 Å². The minimum atomic E-state index is -0.453. The lowest BCUT2D eigenvalue weighted by Gasteiger charge is -2.25. The predicted octanol–water partition coefficient (Wildman–Crippen LogP) is 6.13. The number of aromatic nitrogens is 2. The largest absolute Gasteiger partial charge is 0.366 e. The molecule has 7 nitrogen and oxygen atoms in total. The van der Waals surface area contributed by atoms with Gasteiger partial charge in [-0.2, -0.15) is 5.10 Å². The van der Waals surface area contributed by atoms with Crippen LogP contribution in [-0.2, 0) is 0 Å². The lowest BCUT2D eigenvalue weighted by atomic mass is 10.0. The summed E-state index contributed by atoms with van der Waals surface area (Å²) in [4.78, 5) is 29.9. The second-order valence-electron chi connectivity index (χ2n) is 11.9. The van der Waals surface area contributed by atoms with Crippen LogP contribution < -0.4 is 5.73 Å².